The molecular weight excluding hydrogens is 270 g/mol. The van der Waals surface area contributed by atoms with Crippen molar-refractivity contribution in [2.24, 2.45) is 10.9 Å². The van der Waals surface area contributed by atoms with Crippen molar-refractivity contribution in [3.8, 4) is 0 Å². The second-order valence-corrected chi connectivity index (χ2v) is 4.38. The molecule has 1 fully saturated rings. The van der Waals surface area contributed by atoms with Gasteiger partial charge in [-0.3, -0.25) is 24.4 Å². The minimum Gasteiger partial charge on any atom is -0.480 e. The van der Waals surface area contributed by atoms with E-state index < -0.39 is 41.9 Å². The van der Waals surface area contributed by atoms with Gasteiger partial charge in [0.25, 0.3) is 0 Å². The monoisotopic (exact) mass is 285 g/mol. The second-order valence-electron chi connectivity index (χ2n) is 4.38. The van der Waals surface area contributed by atoms with Gasteiger partial charge in [0.15, 0.2) is 12.0 Å². The van der Waals surface area contributed by atoms with Crippen LogP contribution in [0.15, 0.2) is 4.99 Å². The largest absolute Gasteiger partial charge is 0.480 e. The number of barbiturate groups is 1. The van der Waals surface area contributed by atoms with Crippen LogP contribution >= 0.6 is 0 Å². The van der Waals surface area contributed by atoms with Gasteiger partial charge in [-0.05, 0) is 6.92 Å². The summed E-state index contributed by atoms with van der Waals surface area (Å²) < 4.78 is 0. The van der Waals surface area contributed by atoms with Gasteiger partial charge in [-0.15, -0.1) is 0 Å². The van der Waals surface area contributed by atoms with Crippen LogP contribution in [-0.2, 0) is 14.4 Å². The molecule has 0 saturated carbocycles. The first-order valence-electron chi connectivity index (χ1n) is 5.71. The lowest BCUT2D eigenvalue weighted by Crippen LogP contribution is -2.57. The molecule has 1 aliphatic rings. The maximum absolute atomic E-state index is 11.8. The molecule has 0 radical (unpaired) electrons. The summed E-state index contributed by atoms with van der Waals surface area (Å²) in [6.45, 7) is 1.22. The Labute approximate surface area is 114 Å². The zero-order chi connectivity index (χ0) is 15.6. The molecule has 0 aliphatic carbocycles. The minimum atomic E-state index is -1.48. The Kier molecular flexibility index (Phi) is 4.56. The fraction of sp³-hybridized carbons (Fsp3) is 0.545. The standard InChI is InChI=1S/C11H15N3O6/c1-5(15)7(10(18)19)12-4-6-8(16)13(2)11(20)14(3)9(6)17/h4-7,15H,1-3H3,(H,18,19)/t5-,7+/m1/s1. The van der Waals surface area contributed by atoms with Gasteiger partial charge in [0.1, 0.15) is 0 Å². The number of amides is 4. The van der Waals surface area contributed by atoms with Crippen LogP contribution in [0.4, 0.5) is 4.79 Å². The quantitative estimate of drug-likeness (QED) is 0.481. The van der Waals surface area contributed by atoms with Gasteiger partial charge in [0.05, 0.1) is 6.10 Å². The number of carboxylic acids is 1. The third-order valence-electron chi connectivity index (χ3n) is 2.87. The summed E-state index contributed by atoms with van der Waals surface area (Å²) >= 11 is 0. The number of urea groups is 1. The summed E-state index contributed by atoms with van der Waals surface area (Å²) in [7, 11) is 2.41. The molecule has 4 amide bonds. The fourth-order valence-corrected chi connectivity index (χ4v) is 1.64. The van der Waals surface area contributed by atoms with E-state index in [1.165, 1.54) is 21.0 Å². The molecule has 0 aromatic heterocycles. The smallest absolute Gasteiger partial charge is 0.332 e. The molecule has 0 spiro atoms. The first-order chi connectivity index (χ1) is 9.18. The second kappa shape index (κ2) is 5.78. The number of nitrogens with zero attached hydrogens (tertiary/aromatic N) is 3. The maximum atomic E-state index is 11.8. The van der Waals surface area contributed by atoms with Crippen LogP contribution < -0.4 is 0 Å². The Balaban J connectivity index is 3.00. The van der Waals surface area contributed by atoms with Gasteiger partial charge in [-0.1, -0.05) is 0 Å². The summed E-state index contributed by atoms with van der Waals surface area (Å²) in [5.41, 5.74) is 0. The molecule has 20 heavy (non-hydrogen) atoms. The third-order valence-corrected chi connectivity index (χ3v) is 2.87. The summed E-state index contributed by atoms with van der Waals surface area (Å²) in [4.78, 5) is 51.0. The van der Waals surface area contributed by atoms with E-state index >= 15 is 0 Å². The van der Waals surface area contributed by atoms with Gasteiger partial charge < -0.3 is 10.2 Å². The van der Waals surface area contributed by atoms with Crippen LogP contribution in [-0.4, -0.2) is 76.3 Å². The fourth-order valence-electron chi connectivity index (χ4n) is 1.64. The van der Waals surface area contributed by atoms with Crippen LogP contribution in [0.1, 0.15) is 6.92 Å². The lowest BCUT2D eigenvalue weighted by molar-refractivity contribution is -0.145. The van der Waals surface area contributed by atoms with E-state index in [-0.39, 0.29) is 0 Å². The number of hydrogen-bond donors (Lipinski definition) is 2. The van der Waals surface area contributed by atoms with Crippen LogP contribution in [0.3, 0.4) is 0 Å². The number of carbonyl (C=O) groups is 4. The number of carboxylic acid groups (broad SMARTS) is 1. The highest BCUT2D eigenvalue weighted by Crippen LogP contribution is 2.14. The Morgan fingerprint density at radius 1 is 1.25 bits per heavy atom. The summed E-state index contributed by atoms with van der Waals surface area (Å²) in [5.74, 6) is -4.35. The Hall–Kier alpha value is -2.29. The predicted molar refractivity (Wildman–Crippen MR) is 66.0 cm³/mol. The van der Waals surface area contributed by atoms with Crippen molar-refractivity contribution in [1.82, 2.24) is 9.80 Å². The Bertz CT molecular complexity index is 463. The third kappa shape index (κ3) is 2.82. The van der Waals surface area contributed by atoms with E-state index in [1.807, 2.05) is 0 Å². The molecule has 1 heterocycles. The summed E-state index contributed by atoms with van der Waals surface area (Å²) in [6.07, 6.45) is -0.426. The highest BCUT2D eigenvalue weighted by molar-refractivity contribution is 6.23. The molecule has 1 aliphatic heterocycles. The average Bonchev–Trinajstić information content (AvgIpc) is 2.37. The van der Waals surface area contributed by atoms with E-state index in [0.717, 1.165) is 16.0 Å². The van der Waals surface area contributed by atoms with Gasteiger partial charge >= 0.3 is 12.0 Å². The lowest BCUT2D eigenvalue weighted by Gasteiger charge is -2.31. The number of hydrogen-bond acceptors (Lipinski definition) is 6. The maximum Gasteiger partial charge on any atom is 0.332 e. The molecule has 1 rings (SSSR count). The molecule has 9 heteroatoms. The van der Waals surface area contributed by atoms with Crippen molar-refractivity contribution in [3.63, 3.8) is 0 Å². The molecule has 1 saturated heterocycles. The number of imide groups is 2. The molecule has 0 aromatic rings. The van der Waals surface area contributed by atoms with Crippen molar-refractivity contribution in [3.05, 3.63) is 0 Å². The zero-order valence-electron chi connectivity index (χ0n) is 11.2. The van der Waals surface area contributed by atoms with Gasteiger partial charge in [-0.2, -0.15) is 0 Å². The summed E-state index contributed by atoms with van der Waals surface area (Å²) in [5, 5.41) is 18.1. The predicted octanol–water partition coefficient (Wildman–Crippen LogP) is -1.44. The number of aliphatic imine (C=N–C) groups is 1. The van der Waals surface area contributed by atoms with E-state index in [0.29, 0.717) is 0 Å². The van der Waals surface area contributed by atoms with Crippen LogP contribution in [0.2, 0.25) is 0 Å². The molecule has 0 bridgehead atoms. The topological polar surface area (TPSA) is 128 Å². The molecular formula is C11H15N3O6. The highest BCUT2D eigenvalue weighted by Gasteiger charge is 2.41. The van der Waals surface area contributed by atoms with Crippen LogP contribution in [0.5, 0.6) is 0 Å². The number of rotatable bonds is 4. The Morgan fingerprint density at radius 3 is 2.05 bits per heavy atom. The van der Waals surface area contributed by atoms with Crippen molar-refractivity contribution in [1.29, 1.82) is 0 Å². The normalized spacial score (nSPS) is 20.7. The number of aliphatic carboxylic acids is 1. The van der Waals surface area contributed by atoms with E-state index in [2.05, 4.69) is 4.99 Å². The molecule has 2 N–H and O–H groups in total. The summed E-state index contributed by atoms with van der Waals surface area (Å²) in [6, 6.07) is -2.25. The first-order valence-corrected chi connectivity index (χ1v) is 5.71. The highest BCUT2D eigenvalue weighted by atomic mass is 16.4. The SMILES string of the molecule is C[C@@H](O)[C@H](N=CC1C(=O)N(C)C(=O)N(C)C1=O)C(=O)O. The molecule has 110 valence electrons. The van der Waals surface area contributed by atoms with E-state index in [1.54, 1.807) is 0 Å². The minimum absolute atomic E-state index is 0.746. The zero-order valence-corrected chi connectivity index (χ0v) is 11.2. The first kappa shape index (κ1) is 15.8. The number of aliphatic hydroxyl groups is 1. The van der Waals surface area contributed by atoms with Gasteiger partial charge in [0.2, 0.25) is 11.8 Å². The molecule has 0 aromatic carbocycles. The molecule has 9 nitrogen and oxygen atoms in total. The number of aliphatic hydroxyl groups excluding tert-OH is 1. The number of carbonyl (C=O) groups excluding carboxylic acids is 3. The van der Waals surface area contributed by atoms with Crippen molar-refractivity contribution in [2.75, 3.05) is 14.1 Å². The average molecular weight is 285 g/mol. The Morgan fingerprint density at radius 2 is 1.70 bits per heavy atom. The lowest BCUT2D eigenvalue weighted by atomic mass is 10.1. The van der Waals surface area contributed by atoms with Gasteiger partial charge in [-0.25, -0.2) is 9.59 Å². The van der Waals surface area contributed by atoms with Crippen molar-refractivity contribution >= 4 is 30.0 Å². The van der Waals surface area contributed by atoms with Crippen molar-refractivity contribution in [2.45, 2.75) is 19.1 Å². The van der Waals surface area contributed by atoms with Gasteiger partial charge in [0, 0.05) is 20.3 Å². The van der Waals surface area contributed by atoms with E-state index in [9.17, 15) is 24.3 Å². The molecule has 0 unspecified atom stereocenters. The van der Waals surface area contributed by atoms with Crippen LogP contribution in [0.25, 0.3) is 0 Å². The van der Waals surface area contributed by atoms with Crippen molar-refractivity contribution < 1.29 is 29.4 Å². The van der Waals surface area contributed by atoms with E-state index in [4.69, 9.17) is 5.11 Å². The molecule has 2 atom stereocenters. The van der Waals surface area contributed by atoms with Crippen LogP contribution in [0, 0.1) is 5.92 Å².